The molecular formula is C24H33N3O7S. The topological polar surface area (TPSA) is 114 Å². The van der Waals surface area contributed by atoms with Gasteiger partial charge in [-0.05, 0) is 56.7 Å². The normalized spacial score (nSPS) is 21.9. The number of carbonyl (C=O) groups is 3. The Morgan fingerprint density at radius 1 is 1.14 bits per heavy atom. The van der Waals surface area contributed by atoms with Gasteiger partial charge >= 0.3 is 5.97 Å². The molecule has 3 heterocycles. The van der Waals surface area contributed by atoms with Crippen molar-refractivity contribution in [2.24, 2.45) is 11.8 Å². The number of carbonyl (C=O) groups excluding carboxylic acids is 3. The third-order valence-corrected chi connectivity index (χ3v) is 8.84. The summed E-state index contributed by atoms with van der Waals surface area (Å²) in [5.74, 6) is -0.601. The average molecular weight is 508 g/mol. The van der Waals surface area contributed by atoms with Crippen molar-refractivity contribution < 1.29 is 32.3 Å². The predicted molar refractivity (Wildman–Crippen MR) is 127 cm³/mol. The summed E-state index contributed by atoms with van der Waals surface area (Å²) in [6, 6.07) is 4.44. The molecule has 0 N–H and O–H groups in total. The molecule has 35 heavy (non-hydrogen) atoms. The van der Waals surface area contributed by atoms with Crippen molar-refractivity contribution in [2.75, 3.05) is 50.8 Å². The fourth-order valence-corrected chi connectivity index (χ4v) is 6.27. The van der Waals surface area contributed by atoms with E-state index in [1.54, 1.807) is 11.8 Å². The van der Waals surface area contributed by atoms with Crippen LogP contribution in [0.25, 0.3) is 0 Å². The van der Waals surface area contributed by atoms with Gasteiger partial charge in [-0.1, -0.05) is 6.92 Å². The minimum atomic E-state index is -3.74. The van der Waals surface area contributed by atoms with Gasteiger partial charge in [0.25, 0.3) is 5.91 Å². The van der Waals surface area contributed by atoms with Crippen LogP contribution in [-0.2, 0) is 29.1 Å². The molecule has 0 radical (unpaired) electrons. The molecule has 4 rings (SSSR count). The second-order valence-electron chi connectivity index (χ2n) is 9.42. The molecule has 0 saturated carbocycles. The molecule has 2 saturated heterocycles. The number of piperidine rings is 2. The number of sulfonamides is 1. The van der Waals surface area contributed by atoms with E-state index >= 15 is 0 Å². The number of hydrogen-bond acceptors (Lipinski definition) is 7. The summed E-state index contributed by atoms with van der Waals surface area (Å²) in [6.45, 7) is 5.28. The van der Waals surface area contributed by atoms with Crippen molar-refractivity contribution in [1.29, 1.82) is 0 Å². The minimum Gasteiger partial charge on any atom is -0.482 e. The monoisotopic (exact) mass is 507 g/mol. The number of benzene rings is 1. The second-order valence-corrected chi connectivity index (χ2v) is 11.4. The number of nitrogens with zero attached hydrogens (tertiary/aromatic N) is 3. The number of likely N-dealkylation sites (tertiary alicyclic amines) is 1. The maximum Gasteiger partial charge on any atom is 0.310 e. The molecule has 11 heteroatoms. The molecule has 0 bridgehead atoms. The molecular weight excluding hydrogens is 474 g/mol. The fourth-order valence-electron chi connectivity index (χ4n) is 4.78. The Morgan fingerprint density at radius 3 is 2.60 bits per heavy atom. The van der Waals surface area contributed by atoms with Gasteiger partial charge in [-0.15, -0.1) is 0 Å². The molecule has 0 unspecified atom stereocenters. The summed E-state index contributed by atoms with van der Waals surface area (Å²) in [5.41, 5.74) is 0.264. The molecule has 0 aliphatic carbocycles. The van der Waals surface area contributed by atoms with E-state index in [0.29, 0.717) is 44.1 Å². The molecule has 3 aliphatic rings. The van der Waals surface area contributed by atoms with Gasteiger partial charge in [0.2, 0.25) is 15.9 Å². The van der Waals surface area contributed by atoms with Crippen molar-refractivity contribution in [3.8, 4) is 5.75 Å². The SMILES string of the molecule is CCOC(=O)[C@@H]1CCCN(C(=O)CN2C(=O)COc3ccc(S(=O)(=O)N4CCC(C)CC4)cc32)C1. The van der Waals surface area contributed by atoms with Crippen LogP contribution in [0.3, 0.4) is 0 Å². The summed E-state index contributed by atoms with van der Waals surface area (Å²) in [4.78, 5) is 40.9. The van der Waals surface area contributed by atoms with Crippen molar-refractivity contribution in [2.45, 2.75) is 44.4 Å². The Bertz CT molecular complexity index is 1080. The lowest BCUT2D eigenvalue weighted by molar-refractivity contribution is -0.151. The van der Waals surface area contributed by atoms with Crippen LogP contribution in [0.1, 0.15) is 39.5 Å². The van der Waals surface area contributed by atoms with Crippen molar-refractivity contribution in [1.82, 2.24) is 9.21 Å². The van der Waals surface area contributed by atoms with Crippen molar-refractivity contribution >= 4 is 33.5 Å². The fraction of sp³-hybridized carbons (Fsp3) is 0.625. The van der Waals surface area contributed by atoms with Gasteiger partial charge in [0.15, 0.2) is 6.61 Å². The Balaban J connectivity index is 1.53. The number of fused-ring (bicyclic) bond motifs is 1. The van der Waals surface area contributed by atoms with E-state index in [4.69, 9.17) is 9.47 Å². The summed E-state index contributed by atoms with van der Waals surface area (Å²) in [5, 5.41) is 0. The summed E-state index contributed by atoms with van der Waals surface area (Å²) >= 11 is 0. The van der Waals surface area contributed by atoms with E-state index < -0.39 is 15.9 Å². The first-order chi connectivity index (χ1) is 16.7. The molecule has 0 spiro atoms. The summed E-state index contributed by atoms with van der Waals surface area (Å²) < 4.78 is 38.6. The maximum atomic E-state index is 13.3. The first-order valence-electron chi connectivity index (χ1n) is 12.2. The lowest BCUT2D eigenvalue weighted by Crippen LogP contribution is -2.49. The van der Waals surface area contributed by atoms with E-state index in [1.807, 2.05) is 0 Å². The quantitative estimate of drug-likeness (QED) is 0.538. The van der Waals surface area contributed by atoms with Crippen LogP contribution in [-0.4, -0.2) is 81.3 Å². The highest BCUT2D eigenvalue weighted by Crippen LogP contribution is 2.36. The van der Waals surface area contributed by atoms with Gasteiger partial charge in [0.05, 0.1) is 23.1 Å². The number of esters is 1. The number of rotatable bonds is 6. The van der Waals surface area contributed by atoms with E-state index in [-0.39, 0.29) is 54.7 Å². The number of amides is 2. The van der Waals surface area contributed by atoms with Crippen molar-refractivity contribution in [3.63, 3.8) is 0 Å². The van der Waals surface area contributed by atoms with E-state index in [9.17, 15) is 22.8 Å². The summed E-state index contributed by atoms with van der Waals surface area (Å²) in [7, 11) is -3.74. The Kier molecular flexibility index (Phi) is 7.65. The molecule has 192 valence electrons. The van der Waals surface area contributed by atoms with E-state index in [1.165, 1.54) is 27.4 Å². The highest BCUT2D eigenvalue weighted by Gasteiger charge is 2.35. The lowest BCUT2D eigenvalue weighted by Gasteiger charge is -2.35. The highest BCUT2D eigenvalue weighted by atomic mass is 32.2. The van der Waals surface area contributed by atoms with Crippen LogP contribution in [0.4, 0.5) is 5.69 Å². The lowest BCUT2D eigenvalue weighted by atomic mass is 9.98. The van der Waals surface area contributed by atoms with Gasteiger partial charge in [0, 0.05) is 26.2 Å². The second kappa shape index (κ2) is 10.5. The standard InChI is InChI=1S/C24H33N3O7S/c1-3-33-24(30)18-5-4-10-25(14-18)22(28)15-27-20-13-19(6-7-21(20)34-16-23(27)29)35(31,32)26-11-8-17(2)9-12-26/h6-7,13,17-18H,3-5,8-12,14-16H2,1-2H3/t18-/m1/s1. The van der Waals surface area contributed by atoms with Gasteiger partial charge in [-0.25, -0.2) is 8.42 Å². The zero-order chi connectivity index (χ0) is 25.2. The molecule has 10 nitrogen and oxygen atoms in total. The van der Waals surface area contributed by atoms with Gasteiger partial charge in [-0.3, -0.25) is 19.3 Å². The predicted octanol–water partition coefficient (Wildman–Crippen LogP) is 1.63. The molecule has 0 aromatic heterocycles. The zero-order valence-corrected chi connectivity index (χ0v) is 21.1. The Labute approximate surface area is 206 Å². The van der Waals surface area contributed by atoms with E-state index in [0.717, 1.165) is 12.8 Å². The van der Waals surface area contributed by atoms with Gasteiger partial charge in [0.1, 0.15) is 12.3 Å². The maximum absolute atomic E-state index is 13.3. The third-order valence-electron chi connectivity index (χ3n) is 6.94. The minimum absolute atomic E-state index is 0.0712. The molecule has 3 aliphatic heterocycles. The van der Waals surface area contributed by atoms with Crippen LogP contribution in [0.5, 0.6) is 5.75 Å². The number of hydrogen-bond donors (Lipinski definition) is 0. The van der Waals surface area contributed by atoms with Crippen LogP contribution in [0, 0.1) is 11.8 Å². The average Bonchev–Trinajstić information content (AvgIpc) is 2.86. The van der Waals surface area contributed by atoms with Crippen LogP contribution in [0.2, 0.25) is 0 Å². The molecule has 2 amide bonds. The molecule has 1 aromatic rings. The third kappa shape index (κ3) is 5.45. The summed E-state index contributed by atoms with van der Waals surface area (Å²) in [6.07, 6.45) is 2.92. The molecule has 2 fully saturated rings. The van der Waals surface area contributed by atoms with Crippen LogP contribution >= 0.6 is 0 Å². The first-order valence-corrected chi connectivity index (χ1v) is 13.7. The van der Waals surface area contributed by atoms with Gasteiger partial charge < -0.3 is 14.4 Å². The molecule has 1 atom stereocenters. The number of anilines is 1. The largest absolute Gasteiger partial charge is 0.482 e. The Hall–Kier alpha value is -2.66. The van der Waals surface area contributed by atoms with E-state index in [2.05, 4.69) is 6.92 Å². The molecule has 1 aromatic carbocycles. The number of ether oxygens (including phenoxy) is 2. The first kappa shape index (κ1) is 25.4. The van der Waals surface area contributed by atoms with Gasteiger partial charge in [-0.2, -0.15) is 4.31 Å². The van der Waals surface area contributed by atoms with Crippen LogP contribution in [0.15, 0.2) is 23.1 Å². The van der Waals surface area contributed by atoms with Crippen LogP contribution < -0.4 is 9.64 Å². The van der Waals surface area contributed by atoms with Crippen molar-refractivity contribution in [3.05, 3.63) is 18.2 Å². The highest BCUT2D eigenvalue weighted by molar-refractivity contribution is 7.89. The smallest absolute Gasteiger partial charge is 0.310 e. The zero-order valence-electron chi connectivity index (χ0n) is 20.3. The Morgan fingerprint density at radius 2 is 1.89 bits per heavy atom.